The van der Waals surface area contributed by atoms with Crippen molar-refractivity contribution in [1.29, 1.82) is 0 Å². The number of aliphatic hydroxyl groups excluding tert-OH is 1. The fourth-order valence-electron chi connectivity index (χ4n) is 0.979. The van der Waals surface area contributed by atoms with E-state index in [4.69, 9.17) is 5.11 Å². The minimum Gasteiger partial charge on any atom is -0.396 e. The fourth-order valence-corrected chi connectivity index (χ4v) is 0.979. The van der Waals surface area contributed by atoms with Gasteiger partial charge >= 0.3 is 0 Å². The Morgan fingerprint density at radius 1 is 1.46 bits per heavy atom. The lowest BCUT2D eigenvalue weighted by molar-refractivity contribution is -0.115. The molecule has 0 unspecified atom stereocenters. The third kappa shape index (κ3) is 5.36. The smallest absolute Gasteiger partial charge is 0.162 e. The number of hydrogen-bond donors (Lipinski definition) is 1. The van der Waals surface area contributed by atoms with Gasteiger partial charge in [-0.25, -0.2) is 0 Å². The van der Waals surface area contributed by atoms with Crippen molar-refractivity contribution >= 4 is 5.78 Å². The summed E-state index contributed by atoms with van der Waals surface area (Å²) in [6.07, 6.45) is 7.54. The molecule has 0 aliphatic carbocycles. The van der Waals surface area contributed by atoms with Crippen LogP contribution in [0.5, 0.6) is 0 Å². The molecule has 0 radical (unpaired) electrons. The first-order valence-electron chi connectivity index (χ1n) is 4.73. The lowest BCUT2D eigenvalue weighted by Crippen LogP contribution is -2.01. The van der Waals surface area contributed by atoms with Crippen LogP contribution in [-0.4, -0.2) is 17.5 Å². The highest BCUT2D eigenvalue weighted by molar-refractivity contribution is 5.97. The molecule has 0 aromatic rings. The quantitative estimate of drug-likeness (QED) is 0.505. The average molecular weight is 182 g/mol. The number of carbonyl (C=O) groups is 1. The highest BCUT2D eigenvalue weighted by Gasteiger charge is 2.03. The van der Waals surface area contributed by atoms with Gasteiger partial charge in [-0.3, -0.25) is 4.79 Å². The monoisotopic (exact) mass is 182 g/mol. The third-order valence-corrected chi connectivity index (χ3v) is 1.73. The predicted octanol–water partition coefficient (Wildman–Crippen LogP) is 2.24. The van der Waals surface area contributed by atoms with E-state index in [1.165, 1.54) is 0 Å². The van der Waals surface area contributed by atoms with Crippen LogP contribution in [0.3, 0.4) is 0 Å². The Kier molecular flexibility index (Phi) is 7.21. The number of Topliss-reactive ketones (excluding diaryl/α,β-unsaturated/α-hetero) is 1. The molecule has 0 rings (SSSR count). The molecule has 0 bridgehead atoms. The average Bonchev–Trinajstić information content (AvgIpc) is 2.16. The number of ketones is 1. The second-order valence-corrected chi connectivity index (χ2v) is 2.80. The molecular formula is C11H18O2. The maximum atomic E-state index is 11.4. The van der Waals surface area contributed by atoms with Gasteiger partial charge in [0.2, 0.25) is 0 Å². The summed E-state index contributed by atoms with van der Waals surface area (Å²) in [5.41, 5.74) is 0.746. The van der Waals surface area contributed by atoms with Gasteiger partial charge in [0, 0.05) is 18.6 Å². The van der Waals surface area contributed by atoms with E-state index >= 15 is 0 Å². The SMILES string of the molecule is C/C=C(\C=C/CC)C(=O)CCCO. The second-order valence-electron chi connectivity index (χ2n) is 2.80. The van der Waals surface area contributed by atoms with Gasteiger partial charge < -0.3 is 5.11 Å². The molecule has 0 spiro atoms. The normalized spacial score (nSPS) is 12.4. The van der Waals surface area contributed by atoms with E-state index < -0.39 is 0 Å². The molecule has 74 valence electrons. The number of hydrogen-bond acceptors (Lipinski definition) is 2. The van der Waals surface area contributed by atoms with Crippen molar-refractivity contribution in [2.75, 3.05) is 6.61 Å². The molecule has 0 saturated heterocycles. The van der Waals surface area contributed by atoms with Crippen LogP contribution in [0.1, 0.15) is 33.1 Å². The molecule has 0 aliphatic rings. The third-order valence-electron chi connectivity index (χ3n) is 1.73. The zero-order valence-corrected chi connectivity index (χ0v) is 8.42. The van der Waals surface area contributed by atoms with Crippen molar-refractivity contribution in [1.82, 2.24) is 0 Å². The first-order valence-corrected chi connectivity index (χ1v) is 4.73. The molecule has 2 heteroatoms. The number of aliphatic hydroxyl groups is 1. The summed E-state index contributed by atoms with van der Waals surface area (Å²) < 4.78 is 0. The van der Waals surface area contributed by atoms with Crippen molar-refractivity contribution in [2.24, 2.45) is 0 Å². The van der Waals surface area contributed by atoms with E-state index in [0.717, 1.165) is 12.0 Å². The lowest BCUT2D eigenvalue weighted by atomic mass is 10.1. The highest BCUT2D eigenvalue weighted by atomic mass is 16.3. The Morgan fingerprint density at radius 3 is 2.62 bits per heavy atom. The van der Waals surface area contributed by atoms with Crippen LogP contribution in [0.25, 0.3) is 0 Å². The van der Waals surface area contributed by atoms with Gasteiger partial charge in [0.25, 0.3) is 0 Å². The van der Waals surface area contributed by atoms with Gasteiger partial charge in [-0.05, 0) is 19.8 Å². The molecule has 0 amide bonds. The summed E-state index contributed by atoms with van der Waals surface area (Å²) in [5, 5.41) is 8.56. The lowest BCUT2D eigenvalue weighted by Gasteiger charge is -1.99. The minimum atomic E-state index is 0.0836. The van der Waals surface area contributed by atoms with Crippen molar-refractivity contribution in [3.8, 4) is 0 Å². The molecule has 1 N–H and O–H groups in total. The van der Waals surface area contributed by atoms with E-state index in [1.54, 1.807) is 0 Å². The summed E-state index contributed by atoms with van der Waals surface area (Å²) in [4.78, 5) is 11.4. The van der Waals surface area contributed by atoms with Crippen LogP contribution in [0.15, 0.2) is 23.8 Å². The molecule has 0 fully saturated rings. The van der Waals surface area contributed by atoms with E-state index in [2.05, 4.69) is 0 Å². The van der Waals surface area contributed by atoms with Gasteiger partial charge in [-0.15, -0.1) is 0 Å². The number of rotatable bonds is 6. The van der Waals surface area contributed by atoms with E-state index in [0.29, 0.717) is 12.8 Å². The number of allylic oxidation sites excluding steroid dienone is 4. The largest absolute Gasteiger partial charge is 0.396 e. The standard InChI is InChI=1S/C11H18O2/c1-3-5-7-10(4-2)11(13)8-6-9-12/h4-5,7,12H,3,6,8-9H2,1-2H3/b7-5-,10-4+. The molecule has 0 saturated carbocycles. The molecule has 0 atom stereocenters. The van der Waals surface area contributed by atoms with Crippen LogP contribution in [0.2, 0.25) is 0 Å². The zero-order chi connectivity index (χ0) is 10.1. The molecule has 0 heterocycles. The summed E-state index contributed by atoms with van der Waals surface area (Å²) in [6, 6.07) is 0. The number of carbonyl (C=O) groups excluding carboxylic acids is 1. The summed E-state index contributed by atoms with van der Waals surface area (Å²) in [5.74, 6) is 0.112. The van der Waals surface area contributed by atoms with Crippen LogP contribution >= 0.6 is 0 Å². The van der Waals surface area contributed by atoms with Gasteiger partial charge in [0.05, 0.1) is 0 Å². The van der Waals surface area contributed by atoms with Crippen LogP contribution in [-0.2, 0) is 4.79 Å². The van der Waals surface area contributed by atoms with Crippen LogP contribution in [0, 0.1) is 0 Å². The molecule has 2 nitrogen and oxygen atoms in total. The second kappa shape index (κ2) is 7.74. The van der Waals surface area contributed by atoms with Crippen LogP contribution in [0.4, 0.5) is 0 Å². The Bertz CT molecular complexity index is 202. The van der Waals surface area contributed by atoms with Crippen molar-refractivity contribution in [3.05, 3.63) is 23.8 Å². The zero-order valence-electron chi connectivity index (χ0n) is 8.42. The van der Waals surface area contributed by atoms with Crippen LogP contribution < -0.4 is 0 Å². The Labute approximate surface area is 80.0 Å². The van der Waals surface area contributed by atoms with Gasteiger partial charge in [-0.1, -0.05) is 25.2 Å². The van der Waals surface area contributed by atoms with Gasteiger partial charge in [0.15, 0.2) is 5.78 Å². The summed E-state index contributed by atoms with van der Waals surface area (Å²) >= 11 is 0. The predicted molar refractivity (Wildman–Crippen MR) is 54.5 cm³/mol. The molecule has 0 aromatic heterocycles. The summed E-state index contributed by atoms with van der Waals surface area (Å²) in [7, 11) is 0. The molecule has 13 heavy (non-hydrogen) atoms. The van der Waals surface area contributed by atoms with Gasteiger partial charge in [0.1, 0.15) is 0 Å². The highest BCUT2D eigenvalue weighted by Crippen LogP contribution is 2.04. The van der Waals surface area contributed by atoms with E-state index in [1.807, 2.05) is 32.1 Å². The maximum Gasteiger partial charge on any atom is 0.162 e. The van der Waals surface area contributed by atoms with Crippen molar-refractivity contribution < 1.29 is 9.90 Å². The summed E-state index contributed by atoms with van der Waals surface area (Å²) in [6.45, 7) is 3.97. The first-order chi connectivity index (χ1) is 6.26. The van der Waals surface area contributed by atoms with Crippen molar-refractivity contribution in [2.45, 2.75) is 33.1 Å². The fraction of sp³-hybridized carbons (Fsp3) is 0.545. The Balaban J connectivity index is 4.09. The molecule has 0 aliphatic heterocycles. The Hall–Kier alpha value is -0.890. The molecular weight excluding hydrogens is 164 g/mol. The Morgan fingerprint density at radius 2 is 2.15 bits per heavy atom. The van der Waals surface area contributed by atoms with Crippen molar-refractivity contribution in [3.63, 3.8) is 0 Å². The minimum absolute atomic E-state index is 0.0836. The first kappa shape index (κ1) is 12.1. The topological polar surface area (TPSA) is 37.3 Å². The van der Waals surface area contributed by atoms with Gasteiger partial charge in [-0.2, -0.15) is 0 Å². The van der Waals surface area contributed by atoms with E-state index in [9.17, 15) is 4.79 Å². The van der Waals surface area contributed by atoms with E-state index in [-0.39, 0.29) is 12.4 Å². The maximum absolute atomic E-state index is 11.4. The molecule has 0 aromatic carbocycles.